The molecule has 3 aromatic rings. The molecular weight excluding hydrogens is 717 g/mol. The smallest absolute Gasteiger partial charge is 0.349 e. The van der Waals surface area contributed by atoms with Gasteiger partial charge in [0.05, 0.1) is 11.5 Å². The highest BCUT2D eigenvalue weighted by atomic mass is 32.2. The molecule has 278 valence electrons. The number of alkyl halides is 6. The van der Waals surface area contributed by atoms with Gasteiger partial charge in [-0.05, 0) is 75.3 Å². The van der Waals surface area contributed by atoms with Crippen LogP contribution in [0.25, 0.3) is 0 Å². The maximum atomic E-state index is 14.6. The fourth-order valence-electron chi connectivity index (χ4n) is 6.76. The van der Waals surface area contributed by atoms with Crippen LogP contribution in [0.1, 0.15) is 36.0 Å². The predicted octanol–water partition coefficient (Wildman–Crippen LogP) is 7.16. The Labute approximate surface area is 288 Å². The van der Waals surface area contributed by atoms with Gasteiger partial charge in [0, 0.05) is 43.3 Å². The van der Waals surface area contributed by atoms with Crippen molar-refractivity contribution < 1.29 is 57.5 Å². The molecule has 0 saturated carbocycles. The van der Waals surface area contributed by atoms with Crippen LogP contribution in [-0.4, -0.2) is 87.8 Å². The first-order chi connectivity index (χ1) is 23.7. The largest absolute Gasteiger partial charge is 0.430 e. The van der Waals surface area contributed by atoms with Crippen molar-refractivity contribution in [2.24, 2.45) is 0 Å². The van der Waals surface area contributed by atoms with Crippen molar-refractivity contribution in [1.82, 2.24) is 14.7 Å². The normalized spacial score (nSPS) is 19.6. The van der Waals surface area contributed by atoms with Crippen molar-refractivity contribution in [2.75, 3.05) is 40.3 Å². The Hall–Kier alpha value is -3.83. The average molecular weight is 752 g/mol. The number of rotatable bonds is 8. The summed E-state index contributed by atoms with van der Waals surface area (Å²) < 4.78 is 161. The quantitative estimate of drug-likeness (QED) is 0.181. The molecule has 2 aliphatic rings. The van der Waals surface area contributed by atoms with Crippen LogP contribution in [0.5, 0.6) is 0 Å². The zero-order valence-electron chi connectivity index (χ0n) is 27.4. The van der Waals surface area contributed by atoms with Gasteiger partial charge in [-0.25, -0.2) is 26.4 Å². The molecule has 0 spiro atoms. The first-order valence-corrected chi connectivity index (χ1v) is 17.3. The first kappa shape index (κ1) is 38.4. The van der Waals surface area contributed by atoms with Crippen molar-refractivity contribution in [1.29, 1.82) is 0 Å². The lowest BCUT2D eigenvalue weighted by molar-refractivity contribution is -0.392. The first-order valence-electron chi connectivity index (χ1n) is 15.8. The van der Waals surface area contributed by atoms with Crippen molar-refractivity contribution in [3.05, 3.63) is 101 Å². The highest BCUT2D eigenvalue weighted by molar-refractivity contribution is 7.92. The number of carbonyl (C=O) groups excluding carboxylic acids is 1. The molecule has 7 nitrogen and oxygen atoms in total. The average Bonchev–Trinajstić information content (AvgIpc) is 3.53. The van der Waals surface area contributed by atoms with Crippen molar-refractivity contribution in [2.45, 2.75) is 59.5 Å². The van der Waals surface area contributed by atoms with Crippen LogP contribution in [0, 0.1) is 17.5 Å². The summed E-state index contributed by atoms with van der Waals surface area (Å²) in [5, 5.41) is 0. The van der Waals surface area contributed by atoms with Gasteiger partial charge >= 0.3 is 18.4 Å². The SMILES string of the molecule is CN(C)C1CCN(C(=O)N2CCC(c3ccc(C(OCc4c(F)cccc4F)(C(F)(F)F)C(F)(F)F)cc3)(S(=O)(=O)c3ccc(F)cc3)C2)CC1. The number of piperidine rings is 1. The number of carbonyl (C=O) groups is 1. The number of nitrogens with zero attached hydrogens (tertiary/aromatic N) is 3. The molecule has 2 amide bonds. The lowest BCUT2D eigenvalue weighted by Gasteiger charge is -2.38. The minimum absolute atomic E-state index is 0.124. The van der Waals surface area contributed by atoms with Gasteiger partial charge in [0.1, 0.15) is 22.2 Å². The molecule has 51 heavy (non-hydrogen) atoms. The minimum atomic E-state index is -6.22. The van der Waals surface area contributed by atoms with Gasteiger partial charge in [0.25, 0.3) is 5.60 Å². The second-order valence-electron chi connectivity index (χ2n) is 12.8. The fraction of sp³-hybridized carbons (Fsp3) is 0.441. The van der Waals surface area contributed by atoms with Gasteiger partial charge in [0.2, 0.25) is 0 Å². The monoisotopic (exact) mass is 751 g/mol. The molecule has 2 aliphatic heterocycles. The summed E-state index contributed by atoms with van der Waals surface area (Å²) in [5.74, 6) is -3.62. The van der Waals surface area contributed by atoms with Gasteiger partial charge in [-0.15, -0.1) is 0 Å². The summed E-state index contributed by atoms with van der Waals surface area (Å²) >= 11 is 0. The van der Waals surface area contributed by atoms with E-state index < -0.39 is 80.3 Å². The molecule has 1 atom stereocenters. The molecule has 2 heterocycles. The number of halogens is 9. The van der Waals surface area contributed by atoms with Crippen LogP contribution in [0.15, 0.2) is 71.6 Å². The molecule has 5 rings (SSSR count). The van der Waals surface area contributed by atoms with E-state index in [0.29, 0.717) is 50.2 Å². The van der Waals surface area contributed by atoms with Crippen LogP contribution in [0.4, 0.5) is 44.3 Å². The number of hydrogen-bond acceptors (Lipinski definition) is 5. The summed E-state index contributed by atoms with van der Waals surface area (Å²) in [6.07, 6.45) is -11.4. The van der Waals surface area contributed by atoms with Crippen molar-refractivity contribution in [3.63, 3.8) is 0 Å². The molecule has 0 radical (unpaired) electrons. The number of amides is 2. The molecule has 0 bridgehead atoms. The summed E-state index contributed by atoms with van der Waals surface area (Å²) in [4.78, 5) is 18.1. The Morgan fingerprint density at radius 3 is 1.88 bits per heavy atom. The predicted molar refractivity (Wildman–Crippen MR) is 167 cm³/mol. The van der Waals surface area contributed by atoms with E-state index in [9.17, 15) is 52.7 Å². The van der Waals surface area contributed by atoms with Crippen LogP contribution < -0.4 is 0 Å². The van der Waals surface area contributed by atoms with Crippen LogP contribution in [0.3, 0.4) is 0 Å². The lowest BCUT2D eigenvalue weighted by Crippen LogP contribution is -2.56. The minimum Gasteiger partial charge on any atom is -0.349 e. The van der Waals surface area contributed by atoms with Crippen molar-refractivity contribution >= 4 is 15.9 Å². The molecule has 17 heteroatoms. The Kier molecular flexibility index (Phi) is 10.5. The number of ether oxygens (including phenoxy) is 1. The molecule has 3 aromatic carbocycles. The third-order valence-corrected chi connectivity index (χ3v) is 12.2. The van der Waals surface area contributed by atoms with E-state index >= 15 is 0 Å². The molecule has 0 N–H and O–H groups in total. The topological polar surface area (TPSA) is 70.2 Å². The number of hydrogen-bond donors (Lipinski definition) is 0. The second-order valence-corrected chi connectivity index (χ2v) is 15.1. The Bertz CT molecular complexity index is 1790. The summed E-state index contributed by atoms with van der Waals surface area (Å²) in [6.45, 7) is -1.64. The molecule has 0 aromatic heterocycles. The molecule has 0 aliphatic carbocycles. The summed E-state index contributed by atoms with van der Waals surface area (Å²) in [7, 11) is -0.777. The number of urea groups is 1. The van der Waals surface area contributed by atoms with Crippen LogP contribution >= 0.6 is 0 Å². The van der Waals surface area contributed by atoms with Gasteiger partial charge in [0.15, 0.2) is 9.84 Å². The third kappa shape index (κ3) is 6.91. The standard InChI is InChI=1S/C34H34F9N3O4S/c1-44(2)25-14-17-45(18-15-25)30(47)46-19-16-31(21-46,51(48,49)26-12-10-24(35)11-13-26)22-6-8-23(9-7-22)32(33(38,39)40,34(41,42)43)50-20-27-28(36)4-3-5-29(27)37/h3-13,25H,14-21H2,1-2H3. The van der Waals surface area contributed by atoms with E-state index in [-0.39, 0.29) is 29.5 Å². The second kappa shape index (κ2) is 14.0. The Morgan fingerprint density at radius 2 is 1.37 bits per heavy atom. The zero-order chi connectivity index (χ0) is 37.6. The third-order valence-electron chi connectivity index (χ3n) is 9.72. The lowest BCUT2D eigenvalue weighted by atomic mass is 9.88. The van der Waals surface area contributed by atoms with E-state index in [0.717, 1.165) is 42.5 Å². The number of sulfone groups is 1. The molecule has 2 fully saturated rings. The van der Waals surface area contributed by atoms with E-state index in [1.54, 1.807) is 4.90 Å². The van der Waals surface area contributed by atoms with Crippen LogP contribution in [0.2, 0.25) is 0 Å². The van der Waals surface area contributed by atoms with E-state index in [1.165, 1.54) is 4.90 Å². The Balaban J connectivity index is 1.56. The Morgan fingerprint density at radius 1 is 0.824 bits per heavy atom. The zero-order valence-corrected chi connectivity index (χ0v) is 28.2. The molecule has 1 unspecified atom stereocenters. The summed E-state index contributed by atoms with van der Waals surface area (Å²) in [6, 6.07) is 7.94. The van der Waals surface area contributed by atoms with Gasteiger partial charge in [-0.2, -0.15) is 26.3 Å². The molecule has 2 saturated heterocycles. The highest BCUT2D eigenvalue weighted by Crippen LogP contribution is 2.54. The number of likely N-dealkylation sites (tertiary alicyclic amines) is 2. The van der Waals surface area contributed by atoms with Crippen molar-refractivity contribution in [3.8, 4) is 0 Å². The maximum Gasteiger partial charge on any atom is 0.430 e. The van der Waals surface area contributed by atoms with E-state index in [1.807, 2.05) is 19.0 Å². The van der Waals surface area contributed by atoms with Crippen LogP contribution in [-0.2, 0) is 31.5 Å². The van der Waals surface area contributed by atoms with Gasteiger partial charge in [-0.3, -0.25) is 0 Å². The number of benzene rings is 3. The summed E-state index contributed by atoms with van der Waals surface area (Å²) in [5.41, 5.74) is -8.03. The maximum absolute atomic E-state index is 14.6. The van der Waals surface area contributed by atoms with E-state index in [4.69, 9.17) is 0 Å². The highest BCUT2D eigenvalue weighted by Gasteiger charge is 2.73. The fourth-order valence-corrected chi connectivity index (χ4v) is 8.84. The van der Waals surface area contributed by atoms with E-state index in [2.05, 4.69) is 4.74 Å². The molecular formula is C34H34F9N3O4S. The van der Waals surface area contributed by atoms with Gasteiger partial charge in [-0.1, -0.05) is 30.3 Å². The van der Waals surface area contributed by atoms with Gasteiger partial charge < -0.3 is 19.4 Å².